The van der Waals surface area contributed by atoms with Crippen molar-refractivity contribution in [2.24, 2.45) is 5.92 Å². The quantitative estimate of drug-likeness (QED) is 0.758. The van der Waals surface area contributed by atoms with Crippen LogP contribution in [0, 0.1) is 5.92 Å². The van der Waals surface area contributed by atoms with Crippen LogP contribution in [-0.4, -0.2) is 43.2 Å². The normalized spacial score (nSPS) is 21.1. The summed E-state index contributed by atoms with van der Waals surface area (Å²) >= 11 is 6.96. The Balaban J connectivity index is 1.48. The number of fused-ring (bicyclic) bond motifs is 1. The third-order valence-corrected chi connectivity index (χ3v) is 8.88. The number of benzene rings is 1. The number of nitrogens with zero attached hydrogens (tertiary/aromatic N) is 2. The molecule has 8 heteroatoms. The highest BCUT2D eigenvalue weighted by molar-refractivity contribution is 7.91. The van der Waals surface area contributed by atoms with Crippen molar-refractivity contribution in [2.45, 2.75) is 30.0 Å². The van der Waals surface area contributed by atoms with Gasteiger partial charge in [-0.3, -0.25) is 4.79 Å². The van der Waals surface area contributed by atoms with Gasteiger partial charge in [0.2, 0.25) is 5.91 Å². The second kappa shape index (κ2) is 7.54. The molecule has 144 valence electrons. The minimum absolute atomic E-state index is 0.0635. The van der Waals surface area contributed by atoms with Crippen LogP contribution in [0.2, 0.25) is 4.34 Å². The predicted molar refractivity (Wildman–Crippen MR) is 106 cm³/mol. The standard InChI is InChI=1S/C19H21ClN2O3S2/c20-17-7-8-18(26-17)27(24,25)22-10-3-6-16(13-22)19(23)21-11-9-14-4-1-2-5-15(14)12-21/h1-2,4-5,7-8,16H,3,6,9-13H2. The van der Waals surface area contributed by atoms with Crippen molar-refractivity contribution in [3.05, 3.63) is 51.9 Å². The SMILES string of the molecule is O=C(C1CCCN(S(=O)(=O)c2ccc(Cl)s2)C1)N1CCc2ccccc2C1. The van der Waals surface area contributed by atoms with Crippen LogP contribution in [0.15, 0.2) is 40.6 Å². The van der Waals surface area contributed by atoms with Crippen molar-refractivity contribution < 1.29 is 13.2 Å². The van der Waals surface area contributed by atoms with Crippen molar-refractivity contribution >= 4 is 38.9 Å². The third kappa shape index (κ3) is 3.78. The van der Waals surface area contributed by atoms with Gasteiger partial charge in [0.25, 0.3) is 10.0 Å². The number of hydrogen-bond donors (Lipinski definition) is 0. The van der Waals surface area contributed by atoms with Gasteiger partial charge in [-0.2, -0.15) is 4.31 Å². The first-order chi connectivity index (χ1) is 12.9. The van der Waals surface area contributed by atoms with E-state index in [1.54, 1.807) is 6.07 Å². The summed E-state index contributed by atoms with van der Waals surface area (Å²) in [6, 6.07) is 11.3. The second-order valence-corrected chi connectivity index (χ2v) is 10.9. The van der Waals surface area contributed by atoms with Crippen LogP contribution < -0.4 is 0 Å². The zero-order valence-electron chi connectivity index (χ0n) is 14.8. The molecular formula is C19H21ClN2O3S2. The van der Waals surface area contributed by atoms with Gasteiger partial charge in [0.05, 0.1) is 10.3 Å². The van der Waals surface area contributed by atoms with E-state index in [9.17, 15) is 13.2 Å². The van der Waals surface area contributed by atoms with Gasteiger partial charge >= 0.3 is 0 Å². The summed E-state index contributed by atoms with van der Waals surface area (Å²) in [5.74, 6) is -0.220. The molecule has 1 fully saturated rings. The summed E-state index contributed by atoms with van der Waals surface area (Å²) in [4.78, 5) is 14.9. The van der Waals surface area contributed by atoms with E-state index < -0.39 is 10.0 Å². The molecule has 1 amide bonds. The lowest BCUT2D eigenvalue weighted by Gasteiger charge is -2.36. The molecule has 1 unspecified atom stereocenters. The molecule has 1 aromatic heterocycles. The molecule has 1 aromatic carbocycles. The maximum Gasteiger partial charge on any atom is 0.252 e. The van der Waals surface area contributed by atoms with E-state index in [0.29, 0.717) is 30.4 Å². The van der Waals surface area contributed by atoms with E-state index in [2.05, 4.69) is 12.1 Å². The summed E-state index contributed by atoms with van der Waals surface area (Å²) in [5.41, 5.74) is 2.48. The number of thiophene rings is 1. The highest BCUT2D eigenvalue weighted by Crippen LogP contribution is 2.31. The smallest absolute Gasteiger partial charge is 0.252 e. The summed E-state index contributed by atoms with van der Waals surface area (Å²) in [6.07, 6.45) is 2.28. The number of hydrogen-bond acceptors (Lipinski definition) is 4. The Morgan fingerprint density at radius 3 is 2.63 bits per heavy atom. The van der Waals surface area contributed by atoms with Crippen molar-refractivity contribution in [2.75, 3.05) is 19.6 Å². The molecule has 0 bridgehead atoms. The average molecular weight is 425 g/mol. The summed E-state index contributed by atoms with van der Waals surface area (Å²) in [5, 5.41) is 0. The molecule has 5 nitrogen and oxygen atoms in total. The summed E-state index contributed by atoms with van der Waals surface area (Å²) in [7, 11) is -3.59. The van der Waals surface area contributed by atoms with Gasteiger partial charge in [0.15, 0.2) is 0 Å². The van der Waals surface area contributed by atoms with Crippen LogP contribution in [0.1, 0.15) is 24.0 Å². The van der Waals surface area contributed by atoms with Gasteiger partial charge in [-0.1, -0.05) is 35.9 Å². The van der Waals surface area contributed by atoms with Crippen LogP contribution in [0.5, 0.6) is 0 Å². The minimum Gasteiger partial charge on any atom is -0.338 e. The molecule has 1 atom stereocenters. The molecule has 2 aliphatic rings. The molecule has 4 rings (SSSR count). The van der Waals surface area contributed by atoms with Crippen molar-refractivity contribution in [1.29, 1.82) is 0 Å². The van der Waals surface area contributed by atoms with Crippen molar-refractivity contribution in [3.8, 4) is 0 Å². The van der Waals surface area contributed by atoms with Crippen molar-refractivity contribution in [1.82, 2.24) is 9.21 Å². The fourth-order valence-electron chi connectivity index (χ4n) is 3.87. The van der Waals surface area contributed by atoms with E-state index >= 15 is 0 Å². The van der Waals surface area contributed by atoms with Crippen LogP contribution in [0.4, 0.5) is 0 Å². The first-order valence-corrected chi connectivity index (χ1v) is 11.7. The topological polar surface area (TPSA) is 57.7 Å². The molecule has 0 spiro atoms. The van der Waals surface area contributed by atoms with E-state index in [4.69, 9.17) is 11.6 Å². The van der Waals surface area contributed by atoms with E-state index in [-0.39, 0.29) is 22.6 Å². The van der Waals surface area contributed by atoms with Crippen LogP contribution in [-0.2, 0) is 27.8 Å². The van der Waals surface area contributed by atoms with Crippen LogP contribution in [0.25, 0.3) is 0 Å². The van der Waals surface area contributed by atoms with Gasteiger partial charge < -0.3 is 4.90 Å². The Morgan fingerprint density at radius 1 is 1.11 bits per heavy atom. The highest BCUT2D eigenvalue weighted by atomic mass is 35.5. The fourth-order valence-corrected chi connectivity index (χ4v) is 7.03. The van der Waals surface area contributed by atoms with Crippen LogP contribution >= 0.6 is 22.9 Å². The van der Waals surface area contributed by atoms with Crippen molar-refractivity contribution in [3.63, 3.8) is 0 Å². The van der Waals surface area contributed by atoms with Gasteiger partial charge in [0, 0.05) is 26.2 Å². The molecule has 2 aliphatic heterocycles. The lowest BCUT2D eigenvalue weighted by Crippen LogP contribution is -2.47. The summed E-state index contributed by atoms with van der Waals surface area (Å²) < 4.78 is 27.9. The highest BCUT2D eigenvalue weighted by Gasteiger charge is 2.36. The Kier molecular flexibility index (Phi) is 5.29. The number of piperidine rings is 1. The molecule has 0 saturated carbocycles. The van der Waals surface area contributed by atoms with E-state index in [1.165, 1.54) is 21.5 Å². The van der Waals surface area contributed by atoms with Gasteiger partial charge in [-0.05, 0) is 42.5 Å². The van der Waals surface area contributed by atoms with Crippen LogP contribution in [0.3, 0.4) is 0 Å². The van der Waals surface area contributed by atoms with Gasteiger partial charge in [-0.15, -0.1) is 11.3 Å². The first-order valence-electron chi connectivity index (χ1n) is 9.06. The molecular weight excluding hydrogens is 404 g/mol. The number of carbonyl (C=O) groups excluding carboxylic acids is 1. The number of amides is 1. The molecule has 3 heterocycles. The lowest BCUT2D eigenvalue weighted by molar-refractivity contribution is -0.137. The molecule has 0 N–H and O–H groups in total. The van der Waals surface area contributed by atoms with Gasteiger partial charge in [-0.25, -0.2) is 8.42 Å². The Bertz CT molecular complexity index is 957. The predicted octanol–water partition coefficient (Wildman–Crippen LogP) is 3.39. The zero-order valence-corrected chi connectivity index (χ0v) is 17.2. The van der Waals surface area contributed by atoms with E-state index in [0.717, 1.165) is 24.2 Å². The van der Waals surface area contributed by atoms with Gasteiger partial charge in [0.1, 0.15) is 4.21 Å². The maximum atomic E-state index is 13.1. The number of sulfonamides is 1. The molecule has 1 saturated heterocycles. The summed E-state index contributed by atoms with van der Waals surface area (Å²) in [6.45, 7) is 2.00. The Hall–Kier alpha value is -1.41. The maximum absolute atomic E-state index is 13.1. The number of halogens is 1. The Morgan fingerprint density at radius 2 is 1.89 bits per heavy atom. The Labute approximate surface area is 168 Å². The molecule has 2 aromatic rings. The molecule has 0 radical (unpaired) electrons. The number of carbonyl (C=O) groups is 1. The largest absolute Gasteiger partial charge is 0.338 e. The molecule has 0 aliphatic carbocycles. The number of rotatable bonds is 3. The second-order valence-electron chi connectivity index (χ2n) is 7.04. The zero-order chi connectivity index (χ0) is 19.0. The molecule has 27 heavy (non-hydrogen) atoms. The first kappa shape index (κ1) is 18.9. The monoisotopic (exact) mass is 424 g/mol. The minimum atomic E-state index is -3.59. The lowest BCUT2D eigenvalue weighted by atomic mass is 9.95. The van der Waals surface area contributed by atoms with E-state index in [1.807, 2.05) is 17.0 Å². The fraction of sp³-hybridized carbons (Fsp3) is 0.421. The average Bonchev–Trinajstić information content (AvgIpc) is 3.14. The third-order valence-electron chi connectivity index (χ3n) is 5.32.